The molecular formula is C9H10ClFO2. The Kier molecular flexibility index (Phi) is 3.37. The van der Waals surface area contributed by atoms with Crippen molar-refractivity contribution in [2.24, 2.45) is 0 Å². The molecule has 0 saturated heterocycles. The molecule has 0 aliphatic heterocycles. The van der Waals surface area contributed by atoms with Gasteiger partial charge in [0, 0.05) is 11.6 Å². The first-order valence-electron chi connectivity index (χ1n) is 3.69. The summed E-state index contributed by atoms with van der Waals surface area (Å²) in [4.78, 5) is 0. The third-order valence-corrected chi connectivity index (χ3v) is 1.97. The molecule has 1 rings (SSSR count). The minimum atomic E-state index is -0.461. The fourth-order valence-corrected chi connectivity index (χ4v) is 1.27. The molecule has 0 aliphatic carbocycles. The first-order valence-corrected chi connectivity index (χ1v) is 4.22. The van der Waals surface area contributed by atoms with Crippen molar-refractivity contribution in [1.29, 1.82) is 0 Å². The fourth-order valence-electron chi connectivity index (χ4n) is 1.07. The van der Waals surface area contributed by atoms with Crippen molar-refractivity contribution in [1.82, 2.24) is 0 Å². The standard InChI is InChI=1S/C9H10ClFO2/c1-12-7-3-6(5-10)9(13-2)8(11)4-7/h3-4H,5H2,1-2H3. The van der Waals surface area contributed by atoms with Crippen LogP contribution < -0.4 is 9.47 Å². The lowest BCUT2D eigenvalue weighted by atomic mass is 10.2. The molecule has 0 unspecified atom stereocenters. The van der Waals surface area contributed by atoms with Gasteiger partial charge in [-0.15, -0.1) is 11.6 Å². The topological polar surface area (TPSA) is 18.5 Å². The molecule has 0 bridgehead atoms. The van der Waals surface area contributed by atoms with Gasteiger partial charge in [-0.2, -0.15) is 0 Å². The van der Waals surface area contributed by atoms with Gasteiger partial charge in [0.2, 0.25) is 0 Å². The molecule has 0 amide bonds. The van der Waals surface area contributed by atoms with E-state index in [0.29, 0.717) is 11.3 Å². The van der Waals surface area contributed by atoms with E-state index < -0.39 is 5.82 Å². The van der Waals surface area contributed by atoms with Crippen molar-refractivity contribution in [2.75, 3.05) is 14.2 Å². The van der Waals surface area contributed by atoms with Gasteiger partial charge in [-0.3, -0.25) is 0 Å². The van der Waals surface area contributed by atoms with Crippen LogP contribution in [0.15, 0.2) is 12.1 Å². The van der Waals surface area contributed by atoms with Crippen LogP contribution in [-0.2, 0) is 5.88 Å². The van der Waals surface area contributed by atoms with Gasteiger partial charge in [-0.25, -0.2) is 4.39 Å². The van der Waals surface area contributed by atoms with Crippen molar-refractivity contribution >= 4 is 11.6 Å². The molecule has 1 aromatic carbocycles. The predicted molar refractivity (Wildman–Crippen MR) is 49.1 cm³/mol. The molecule has 1 aromatic rings. The van der Waals surface area contributed by atoms with Crippen molar-refractivity contribution in [2.45, 2.75) is 5.88 Å². The molecule has 0 N–H and O–H groups in total. The zero-order valence-electron chi connectivity index (χ0n) is 7.43. The van der Waals surface area contributed by atoms with Crippen LogP contribution in [-0.4, -0.2) is 14.2 Å². The second-order valence-corrected chi connectivity index (χ2v) is 2.70. The normalized spacial score (nSPS) is 9.85. The molecule has 0 heterocycles. The van der Waals surface area contributed by atoms with Crippen molar-refractivity contribution < 1.29 is 13.9 Å². The largest absolute Gasteiger partial charge is 0.497 e. The van der Waals surface area contributed by atoms with Crippen LogP contribution in [0.3, 0.4) is 0 Å². The Bertz CT molecular complexity index is 302. The molecular weight excluding hydrogens is 195 g/mol. The van der Waals surface area contributed by atoms with Crippen LogP contribution in [0.1, 0.15) is 5.56 Å². The molecule has 72 valence electrons. The number of ether oxygens (including phenoxy) is 2. The molecule has 0 aromatic heterocycles. The highest BCUT2D eigenvalue weighted by Crippen LogP contribution is 2.28. The van der Waals surface area contributed by atoms with Crippen LogP contribution in [0.5, 0.6) is 11.5 Å². The van der Waals surface area contributed by atoms with E-state index in [9.17, 15) is 4.39 Å². The van der Waals surface area contributed by atoms with Crippen LogP contribution in [0.4, 0.5) is 4.39 Å². The second kappa shape index (κ2) is 4.33. The highest BCUT2D eigenvalue weighted by atomic mass is 35.5. The number of rotatable bonds is 3. The molecule has 0 saturated carbocycles. The number of benzene rings is 1. The van der Waals surface area contributed by atoms with Gasteiger partial charge in [0.05, 0.1) is 20.1 Å². The van der Waals surface area contributed by atoms with Crippen molar-refractivity contribution in [3.8, 4) is 11.5 Å². The van der Waals surface area contributed by atoms with E-state index in [1.54, 1.807) is 6.07 Å². The fraction of sp³-hybridized carbons (Fsp3) is 0.333. The SMILES string of the molecule is COc1cc(F)c(OC)c(CCl)c1. The summed E-state index contributed by atoms with van der Waals surface area (Å²) in [6.45, 7) is 0. The van der Waals surface area contributed by atoms with Crippen LogP contribution in [0.25, 0.3) is 0 Å². The molecule has 0 aliphatic rings. The molecule has 0 atom stereocenters. The molecule has 0 fully saturated rings. The minimum absolute atomic E-state index is 0.177. The van der Waals surface area contributed by atoms with Crippen molar-refractivity contribution in [3.63, 3.8) is 0 Å². The first kappa shape index (κ1) is 10.1. The van der Waals surface area contributed by atoms with E-state index in [0.717, 1.165) is 0 Å². The van der Waals surface area contributed by atoms with E-state index >= 15 is 0 Å². The summed E-state index contributed by atoms with van der Waals surface area (Å²) < 4.78 is 23.0. The lowest BCUT2D eigenvalue weighted by Gasteiger charge is -2.09. The van der Waals surface area contributed by atoms with E-state index in [-0.39, 0.29) is 11.6 Å². The lowest BCUT2D eigenvalue weighted by molar-refractivity contribution is 0.373. The molecule has 4 heteroatoms. The molecule has 0 radical (unpaired) electrons. The second-order valence-electron chi connectivity index (χ2n) is 2.44. The summed E-state index contributed by atoms with van der Waals surface area (Å²) in [5, 5.41) is 0. The zero-order valence-corrected chi connectivity index (χ0v) is 8.19. The Balaban J connectivity index is 3.20. The van der Waals surface area contributed by atoms with Gasteiger partial charge < -0.3 is 9.47 Å². The quantitative estimate of drug-likeness (QED) is 0.705. The summed E-state index contributed by atoms with van der Waals surface area (Å²) >= 11 is 5.61. The van der Waals surface area contributed by atoms with E-state index in [4.69, 9.17) is 21.1 Å². The van der Waals surface area contributed by atoms with E-state index in [1.807, 2.05) is 0 Å². The third kappa shape index (κ3) is 2.04. The monoisotopic (exact) mass is 204 g/mol. The average molecular weight is 205 g/mol. The van der Waals surface area contributed by atoms with Gasteiger partial charge in [-0.1, -0.05) is 0 Å². The Morgan fingerprint density at radius 1 is 1.31 bits per heavy atom. The zero-order chi connectivity index (χ0) is 9.84. The Morgan fingerprint density at radius 2 is 2.00 bits per heavy atom. The number of hydrogen-bond donors (Lipinski definition) is 0. The van der Waals surface area contributed by atoms with Gasteiger partial charge in [0.1, 0.15) is 5.75 Å². The maximum Gasteiger partial charge on any atom is 0.169 e. The maximum atomic E-state index is 13.2. The first-order chi connectivity index (χ1) is 6.22. The molecule has 13 heavy (non-hydrogen) atoms. The maximum absolute atomic E-state index is 13.2. The summed E-state index contributed by atoms with van der Waals surface area (Å²) in [6.07, 6.45) is 0. The highest BCUT2D eigenvalue weighted by molar-refractivity contribution is 6.17. The predicted octanol–water partition coefficient (Wildman–Crippen LogP) is 2.58. The van der Waals surface area contributed by atoms with Gasteiger partial charge >= 0.3 is 0 Å². The molecule has 2 nitrogen and oxygen atoms in total. The average Bonchev–Trinajstić information content (AvgIpc) is 2.16. The van der Waals surface area contributed by atoms with Crippen LogP contribution in [0.2, 0.25) is 0 Å². The van der Waals surface area contributed by atoms with Crippen LogP contribution in [0, 0.1) is 5.82 Å². The van der Waals surface area contributed by atoms with Crippen LogP contribution >= 0.6 is 11.6 Å². The number of halogens is 2. The number of hydrogen-bond acceptors (Lipinski definition) is 2. The van der Waals surface area contributed by atoms with Gasteiger partial charge in [0.25, 0.3) is 0 Å². The Labute approximate surface area is 81.2 Å². The Hall–Kier alpha value is -0.960. The molecule has 0 spiro atoms. The smallest absolute Gasteiger partial charge is 0.169 e. The van der Waals surface area contributed by atoms with Crippen molar-refractivity contribution in [3.05, 3.63) is 23.5 Å². The summed E-state index contributed by atoms with van der Waals surface area (Å²) in [7, 11) is 2.88. The summed E-state index contributed by atoms with van der Waals surface area (Å²) in [6, 6.07) is 2.91. The van der Waals surface area contributed by atoms with E-state index in [1.165, 1.54) is 20.3 Å². The minimum Gasteiger partial charge on any atom is -0.497 e. The summed E-state index contributed by atoms with van der Waals surface area (Å²) in [5.74, 6) is 0.347. The number of methoxy groups -OCH3 is 2. The Morgan fingerprint density at radius 3 is 2.46 bits per heavy atom. The highest BCUT2D eigenvalue weighted by Gasteiger charge is 2.10. The summed E-state index contributed by atoms with van der Waals surface area (Å²) in [5.41, 5.74) is 0.584. The number of alkyl halides is 1. The van der Waals surface area contributed by atoms with Gasteiger partial charge in [-0.05, 0) is 6.07 Å². The van der Waals surface area contributed by atoms with E-state index in [2.05, 4.69) is 0 Å². The lowest BCUT2D eigenvalue weighted by Crippen LogP contribution is -1.95. The van der Waals surface area contributed by atoms with Gasteiger partial charge in [0.15, 0.2) is 11.6 Å². The third-order valence-electron chi connectivity index (χ3n) is 1.68.